The third kappa shape index (κ3) is 2.38. The van der Waals surface area contributed by atoms with Gasteiger partial charge in [0.15, 0.2) is 0 Å². The highest BCUT2D eigenvalue weighted by Gasteiger charge is 2.25. The lowest BCUT2D eigenvalue weighted by atomic mass is 10.1. The van der Waals surface area contributed by atoms with Crippen molar-refractivity contribution in [3.05, 3.63) is 22.5 Å². The number of aromatic amines is 1. The van der Waals surface area contributed by atoms with E-state index in [0.29, 0.717) is 28.9 Å². The molecule has 0 saturated carbocycles. The van der Waals surface area contributed by atoms with E-state index in [2.05, 4.69) is 4.98 Å². The van der Waals surface area contributed by atoms with Gasteiger partial charge in [-0.3, -0.25) is 9.63 Å². The molecule has 0 aliphatic rings. The molecule has 0 aliphatic carbocycles. The van der Waals surface area contributed by atoms with Gasteiger partial charge in [0.05, 0.1) is 19.8 Å². The molecule has 1 heterocycles. The van der Waals surface area contributed by atoms with Crippen LogP contribution in [0.3, 0.4) is 0 Å². The number of methoxy groups -OCH3 is 1. The Morgan fingerprint density at radius 1 is 1.33 bits per heavy atom. The van der Waals surface area contributed by atoms with Crippen molar-refractivity contribution in [1.29, 1.82) is 0 Å². The fourth-order valence-electron chi connectivity index (χ4n) is 1.76. The molecule has 1 N–H and O–H groups in total. The Kier molecular flexibility index (Phi) is 4.49. The van der Waals surface area contributed by atoms with Crippen LogP contribution in [0.4, 0.5) is 0 Å². The number of H-pyrrole nitrogens is 1. The van der Waals surface area contributed by atoms with Gasteiger partial charge in [0.2, 0.25) is 0 Å². The highest BCUT2D eigenvalue weighted by atomic mass is 16.7. The molecular formula is C12H18N2O4. The van der Waals surface area contributed by atoms with Gasteiger partial charge in [-0.05, 0) is 18.9 Å². The fourth-order valence-corrected chi connectivity index (χ4v) is 1.76. The molecule has 6 nitrogen and oxygen atoms in total. The van der Waals surface area contributed by atoms with Crippen LogP contribution in [0.15, 0.2) is 0 Å². The van der Waals surface area contributed by atoms with Crippen LogP contribution in [0.5, 0.6) is 0 Å². The van der Waals surface area contributed by atoms with Crippen LogP contribution < -0.4 is 0 Å². The van der Waals surface area contributed by atoms with Crippen LogP contribution >= 0.6 is 0 Å². The number of ether oxygens (including phenoxy) is 1. The standard InChI is InChI=1S/C12H18N2O4/c1-6-8-9(12(16)17-4)7(2)10(13-8)11(15)14(3)18-5/h13H,6H2,1-5H3. The predicted octanol–water partition coefficient (Wildman–Crippen LogP) is 1.31. The van der Waals surface area contributed by atoms with E-state index < -0.39 is 5.97 Å². The number of amides is 1. The van der Waals surface area contributed by atoms with Crippen molar-refractivity contribution < 1.29 is 19.2 Å². The van der Waals surface area contributed by atoms with Crippen molar-refractivity contribution >= 4 is 11.9 Å². The number of nitrogens with one attached hydrogen (secondary N) is 1. The van der Waals surface area contributed by atoms with Crippen molar-refractivity contribution in [1.82, 2.24) is 10.0 Å². The molecule has 0 spiro atoms. The number of carbonyl (C=O) groups excluding carboxylic acids is 2. The van der Waals surface area contributed by atoms with Gasteiger partial charge in [0.1, 0.15) is 5.69 Å². The summed E-state index contributed by atoms with van der Waals surface area (Å²) >= 11 is 0. The summed E-state index contributed by atoms with van der Waals surface area (Å²) in [5.74, 6) is -0.778. The number of carbonyl (C=O) groups is 2. The lowest BCUT2D eigenvalue weighted by Crippen LogP contribution is -2.26. The Hall–Kier alpha value is -1.82. The van der Waals surface area contributed by atoms with Gasteiger partial charge in [-0.2, -0.15) is 0 Å². The molecule has 1 aromatic rings. The van der Waals surface area contributed by atoms with E-state index >= 15 is 0 Å². The summed E-state index contributed by atoms with van der Waals surface area (Å²) in [6.07, 6.45) is 0.606. The summed E-state index contributed by atoms with van der Waals surface area (Å²) < 4.78 is 4.72. The quantitative estimate of drug-likeness (QED) is 0.649. The van der Waals surface area contributed by atoms with E-state index in [1.54, 1.807) is 6.92 Å². The number of hydrogen-bond acceptors (Lipinski definition) is 4. The van der Waals surface area contributed by atoms with Gasteiger partial charge in [0.25, 0.3) is 5.91 Å². The molecule has 0 bridgehead atoms. The lowest BCUT2D eigenvalue weighted by molar-refractivity contribution is -0.0760. The Morgan fingerprint density at radius 3 is 2.39 bits per heavy atom. The van der Waals surface area contributed by atoms with E-state index in [-0.39, 0.29) is 5.91 Å². The van der Waals surface area contributed by atoms with E-state index in [1.165, 1.54) is 21.3 Å². The summed E-state index contributed by atoms with van der Waals surface area (Å²) in [7, 11) is 4.22. The highest BCUT2D eigenvalue weighted by Crippen LogP contribution is 2.21. The molecule has 1 amide bonds. The topological polar surface area (TPSA) is 71.6 Å². The van der Waals surface area contributed by atoms with E-state index in [1.807, 2.05) is 6.92 Å². The first-order valence-corrected chi connectivity index (χ1v) is 5.59. The molecule has 18 heavy (non-hydrogen) atoms. The summed E-state index contributed by atoms with van der Waals surface area (Å²) in [4.78, 5) is 31.5. The molecule has 0 radical (unpaired) electrons. The molecular weight excluding hydrogens is 236 g/mol. The van der Waals surface area contributed by atoms with E-state index in [4.69, 9.17) is 9.57 Å². The third-order valence-corrected chi connectivity index (χ3v) is 2.84. The zero-order chi connectivity index (χ0) is 13.9. The maximum absolute atomic E-state index is 12.0. The number of aryl methyl sites for hydroxylation is 1. The summed E-state index contributed by atoms with van der Waals surface area (Å²) in [6, 6.07) is 0. The van der Waals surface area contributed by atoms with Gasteiger partial charge in [-0.15, -0.1) is 0 Å². The monoisotopic (exact) mass is 254 g/mol. The summed E-state index contributed by atoms with van der Waals surface area (Å²) in [5, 5.41) is 1.10. The second-order valence-corrected chi connectivity index (χ2v) is 3.81. The van der Waals surface area contributed by atoms with Gasteiger partial charge in [-0.1, -0.05) is 6.92 Å². The van der Waals surface area contributed by atoms with E-state index in [9.17, 15) is 9.59 Å². The number of hydrogen-bond donors (Lipinski definition) is 1. The van der Waals surface area contributed by atoms with Gasteiger partial charge in [0, 0.05) is 12.7 Å². The zero-order valence-electron chi connectivity index (χ0n) is 11.3. The third-order valence-electron chi connectivity index (χ3n) is 2.84. The molecule has 0 unspecified atom stereocenters. The van der Waals surface area contributed by atoms with Crippen LogP contribution in [0.25, 0.3) is 0 Å². The number of rotatable bonds is 4. The fraction of sp³-hybridized carbons (Fsp3) is 0.500. The average Bonchev–Trinajstić information content (AvgIpc) is 2.72. The first-order chi connectivity index (χ1) is 8.47. The Balaban J connectivity index is 3.28. The van der Waals surface area contributed by atoms with Crippen LogP contribution in [-0.4, -0.2) is 43.2 Å². The van der Waals surface area contributed by atoms with Crippen LogP contribution in [0, 0.1) is 6.92 Å². The largest absolute Gasteiger partial charge is 0.465 e. The first kappa shape index (κ1) is 14.2. The minimum Gasteiger partial charge on any atom is -0.465 e. The molecule has 0 atom stereocenters. The van der Waals surface area contributed by atoms with Crippen molar-refractivity contribution in [2.45, 2.75) is 20.3 Å². The number of hydroxylamine groups is 2. The molecule has 1 rings (SSSR count). The SMILES string of the molecule is CCc1[nH]c(C(=O)N(C)OC)c(C)c1C(=O)OC. The van der Waals surface area contributed by atoms with Gasteiger partial charge >= 0.3 is 5.97 Å². The van der Waals surface area contributed by atoms with Crippen molar-refractivity contribution in [2.24, 2.45) is 0 Å². The Bertz CT molecular complexity index is 465. The molecule has 0 saturated heterocycles. The van der Waals surface area contributed by atoms with Crippen molar-refractivity contribution in [3.63, 3.8) is 0 Å². The second kappa shape index (κ2) is 5.68. The number of aromatic nitrogens is 1. The second-order valence-electron chi connectivity index (χ2n) is 3.81. The predicted molar refractivity (Wildman–Crippen MR) is 65.3 cm³/mol. The van der Waals surface area contributed by atoms with Crippen LogP contribution in [-0.2, 0) is 16.0 Å². The minimum absolute atomic E-state index is 0.333. The minimum atomic E-state index is -0.445. The smallest absolute Gasteiger partial charge is 0.339 e. The first-order valence-electron chi connectivity index (χ1n) is 5.59. The Morgan fingerprint density at radius 2 is 1.94 bits per heavy atom. The summed E-state index contributed by atoms with van der Waals surface area (Å²) in [5.41, 5.74) is 2.03. The Labute approximate surface area is 106 Å². The normalized spacial score (nSPS) is 10.3. The average molecular weight is 254 g/mol. The van der Waals surface area contributed by atoms with Crippen LogP contribution in [0.2, 0.25) is 0 Å². The maximum atomic E-state index is 12.0. The molecule has 6 heteroatoms. The number of esters is 1. The van der Waals surface area contributed by atoms with E-state index in [0.717, 1.165) is 5.06 Å². The molecule has 0 aromatic carbocycles. The molecule has 0 fully saturated rings. The molecule has 100 valence electrons. The van der Waals surface area contributed by atoms with Gasteiger partial charge < -0.3 is 9.72 Å². The van der Waals surface area contributed by atoms with Gasteiger partial charge in [-0.25, -0.2) is 9.86 Å². The maximum Gasteiger partial charge on any atom is 0.339 e. The van der Waals surface area contributed by atoms with Crippen molar-refractivity contribution in [3.8, 4) is 0 Å². The number of nitrogens with zero attached hydrogens (tertiary/aromatic N) is 1. The molecule has 0 aliphatic heterocycles. The van der Waals surface area contributed by atoms with Crippen molar-refractivity contribution in [2.75, 3.05) is 21.3 Å². The molecule has 1 aromatic heterocycles. The lowest BCUT2D eigenvalue weighted by Gasteiger charge is -2.12. The summed E-state index contributed by atoms with van der Waals surface area (Å²) in [6.45, 7) is 3.60. The van der Waals surface area contributed by atoms with Crippen LogP contribution in [0.1, 0.15) is 39.0 Å². The highest BCUT2D eigenvalue weighted by molar-refractivity contribution is 6.00. The zero-order valence-corrected chi connectivity index (χ0v) is 11.3.